The molecule has 3 heterocycles. The first-order valence-corrected chi connectivity index (χ1v) is 10.7. The molecule has 6 nitrogen and oxygen atoms in total. The van der Waals surface area contributed by atoms with E-state index in [1.165, 1.54) is 16.9 Å². The lowest BCUT2D eigenvalue weighted by Gasteiger charge is -2.18. The second-order valence-corrected chi connectivity index (χ2v) is 8.12. The SMILES string of the molecule is CCc1cccc2sc(N(CCCn3ccnc3)C(=O)c3ccc(Br)o3)nc12. The molecule has 3 aromatic heterocycles. The number of hydrogen-bond acceptors (Lipinski definition) is 5. The van der Waals surface area contributed by atoms with Gasteiger partial charge >= 0.3 is 0 Å². The van der Waals surface area contributed by atoms with Crippen molar-refractivity contribution < 1.29 is 9.21 Å². The van der Waals surface area contributed by atoms with Crippen LogP contribution in [0.1, 0.15) is 29.5 Å². The molecule has 8 heteroatoms. The summed E-state index contributed by atoms with van der Waals surface area (Å²) < 4.78 is 9.13. The van der Waals surface area contributed by atoms with Crippen LogP contribution in [0.3, 0.4) is 0 Å². The molecule has 4 rings (SSSR count). The van der Waals surface area contributed by atoms with Gasteiger partial charge in [0, 0.05) is 25.5 Å². The maximum absolute atomic E-state index is 13.1. The first-order chi connectivity index (χ1) is 13.7. The molecule has 0 fully saturated rings. The van der Waals surface area contributed by atoms with Gasteiger partial charge in [0.05, 0.1) is 16.5 Å². The fraction of sp³-hybridized carbons (Fsp3) is 0.250. The maximum Gasteiger partial charge on any atom is 0.295 e. The molecule has 144 valence electrons. The molecule has 1 amide bonds. The van der Waals surface area contributed by atoms with Crippen molar-refractivity contribution in [2.45, 2.75) is 26.3 Å². The van der Waals surface area contributed by atoms with E-state index in [0.717, 1.165) is 29.6 Å². The quantitative estimate of drug-likeness (QED) is 0.384. The third-order valence-electron chi connectivity index (χ3n) is 4.49. The van der Waals surface area contributed by atoms with Crippen molar-refractivity contribution in [3.05, 3.63) is 65.0 Å². The van der Waals surface area contributed by atoms with Crippen molar-refractivity contribution in [1.29, 1.82) is 0 Å². The van der Waals surface area contributed by atoms with Gasteiger partial charge in [0.25, 0.3) is 5.91 Å². The normalized spacial score (nSPS) is 11.2. The van der Waals surface area contributed by atoms with Crippen LogP contribution in [0.25, 0.3) is 10.2 Å². The van der Waals surface area contributed by atoms with E-state index in [0.29, 0.717) is 22.1 Å². The molecule has 28 heavy (non-hydrogen) atoms. The van der Waals surface area contributed by atoms with E-state index in [1.807, 2.05) is 22.9 Å². The van der Waals surface area contributed by atoms with E-state index < -0.39 is 0 Å². The summed E-state index contributed by atoms with van der Waals surface area (Å²) in [6.07, 6.45) is 7.13. The Bertz CT molecular complexity index is 1090. The minimum absolute atomic E-state index is 0.187. The third kappa shape index (κ3) is 3.88. The predicted octanol–water partition coefficient (Wildman–Crippen LogP) is 5.15. The summed E-state index contributed by atoms with van der Waals surface area (Å²) in [4.78, 5) is 23.7. The number of amides is 1. The summed E-state index contributed by atoms with van der Waals surface area (Å²) in [6, 6.07) is 9.58. The molecule has 0 bridgehead atoms. The number of aromatic nitrogens is 3. The zero-order valence-electron chi connectivity index (χ0n) is 15.3. The Labute approximate surface area is 174 Å². The fourth-order valence-corrected chi connectivity index (χ4v) is 4.42. The number of nitrogens with zero attached hydrogens (tertiary/aromatic N) is 4. The molecule has 4 aromatic rings. The lowest BCUT2D eigenvalue weighted by atomic mass is 10.1. The Morgan fingerprint density at radius 1 is 1.32 bits per heavy atom. The van der Waals surface area contributed by atoms with Crippen LogP contribution in [0, 0.1) is 0 Å². The van der Waals surface area contributed by atoms with Gasteiger partial charge in [-0.15, -0.1) is 0 Å². The van der Waals surface area contributed by atoms with Crippen molar-refractivity contribution in [2.75, 3.05) is 11.4 Å². The Morgan fingerprint density at radius 2 is 2.21 bits per heavy atom. The Hall–Kier alpha value is -2.45. The van der Waals surface area contributed by atoms with Gasteiger partial charge in [-0.1, -0.05) is 30.4 Å². The maximum atomic E-state index is 13.1. The highest BCUT2D eigenvalue weighted by Gasteiger charge is 2.24. The average molecular weight is 459 g/mol. The monoisotopic (exact) mass is 458 g/mol. The Kier molecular flexibility index (Phi) is 5.59. The zero-order chi connectivity index (χ0) is 19.5. The second-order valence-electron chi connectivity index (χ2n) is 6.33. The highest BCUT2D eigenvalue weighted by atomic mass is 79.9. The van der Waals surface area contributed by atoms with Gasteiger partial charge in [0.2, 0.25) is 0 Å². The van der Waals surface area contributed by atoms with Crippen LogP contribution < -0.4 is 4.90 Å². The molecule has 0 spiro atoms. The van der Waals surface area contributed by atoms with Crippen molar-refractivity contribution in [2.24, 2.45) is 0 Å². The number of imidazole rings is 1. The number of furan rings is 1. The Balaban J connectivity index is 1.64. The molecule has 0 N–H and O–H groups in total. The number of benzene rings is 1. The van der Waals surface area contributed by atoms with Gasteiger partial charge in [0.15, 0.2) is 15.6 Å². The predicted molar refractivity (Wildman–Crippen MR) is 114 cm³/mol. The average Bonchev–Trinajstić information content (AvgIpc) is 3.44. The molecule has 0 saturated heterocycles. The fourth-order valence-electron chi connectivity index (χ4n) is 3.07. The second kappa shape index (κ2) is 8.28. The number of para-hydroxylation sites is 1. The lowest BCUT2D eigenvalue weighted by Crippen LogP contribution is -2.32. The first-order valence-electron chi connectivity index (χ1n) is 9.07. The van der Waals surface area contributed by atoms with E-state index in [1.54, 1.807) is 29.6 Å². The molecule has 0 aliphatic carbocycles. The number of carbonyl (C=O) groups is 1. The molecule has 0 aliphatic rings. The minimum Gasteiger partial charge on any atom is -0.444 e. The number of thiazole rings is 1. The summed E-state index contributed by atoms with van der Waals surface area (Å²) in [7, 11) is 0. The van der Waals surface area contributed by atoms with Gasteiger partial charge in [-0.3, -0.25) is 9.69 Å². The number of anilines is 1. The number of aryl methyl sites for hydroxylation is 2. The van der Waals surface area contributed by atoms with Crippen LogP contribution in [0.5, 0.6) is 0 Å². The summed E-state index contributed by atoms with van der Waals surface area (Å²) in [5.41, 5.74) is 2.16. The number of carbonyl (C=O) groups excluding carboxylic acids is 1. The molecule has 0 aliphatic heterocycles. The smallest absolute Gasteiger partial charge is 0.295 e. The lowest BCUT2D eigenvalue weighted by molar-refractivity contribution is 0.0958. The molecule has 0 unspecified atom stereocenters. The molecule has 0 saturated carbocycles. The van der Waals surface area contributed by atoms with Crippen LogP contribution >= 0.6 is 27.3 Å². The van der Waals surface area contributed by atoms with Gasteiger partial charge < -0.3 is 8.98 Å². The molecular weight excluding hydrogens is 440 g/mol. The van der Waals surface area contributed by atoms with Crippen molar-refractivity contribution >= 4 is 48.5 Å². The van der Waals surface area contributed by atoms with Crippen LogP contribution in [-0.2, 0) is 13.0 Å². The molecule has 0 atom stereocenters. The third-order valence-corrected chi connectivity index (χ3v) is 5.96. The highest BCUT2D eigenvalue weighted by Crippen LogP contribution is 2.32. The summed E-state index contributed by atoms with van der Waals surface area (Å²) in [5.74, 6) is 0.109. The van der Waals surface area contributed by atoms with Crippen LogP contribution in [0.2, 0.25) is 0 Å². The van der Waals surface area contributed by atoms with Gasteiger partial charge in [0.1, 0.15) is 0 Å². The number of halogens is 1. The van der Waals surface area contributed by atoms with Crippen LogP contribution in [0.4, 0.5) is 5.13 Å². The van der Waals surface area contributed by atoms with E-state index >= 15 is 0 Å². The molecule has 0 radical (unpaired) electrons. The van der Waals surface area contributed by atoms with Crippen molar-refractivity contribution in [3.8, 4) is 0 Å². The van der Waals surface area contributed by atoms with Crippen LogP contribution in [-0.4, -0.2) is 27.0 Å². The largest absolute Gasteiger partial charge is 0.444 e. The topological polar surface area (TPSA) is 64.2 Å². The summed E-state index contributed by atoms with van der Waals surface area (Å²) in [6.45, 7) is 3.43. The zero-order valence-corrected chi connectivity index (χ0v) is 17.7. The molecule has 1 aromatic carbocycles. The Morgan fingerprint density at radius 3 is 2.93 bits per heavy atom. The van der Waals surface area contributed by atoms with Gasteiger partial charge in [-0.05, 0) is 52.5 Å². The number of rotatable bonds is 7. The molecular formula is C20H19BrN4O2S. The summed E-state index contributed by atoms with van der Waals surface area (Å²) >= 11 is 4.80. The van der Waals surface area contributed by atoms with E-state index in [9.17, 15) is 4.79 Å². The number of hydrogen-bond donors (Lipinski definition) is 0. The van der Waals surface area contributed by atoms with Crippen molar-refractivity contribution in [3.63, 3.8) is 0 Å². The van der Waals surface area contributed by atoms with E-state index in [4.69, 9.17) is 9.40 Å². The minimum atomic E-state index is -0.187. The summed E-state index contributed by atoms with van der Waals surface area (Å²) in [5, 5.41) is 0.694. The standard InChI is InChI=1S/C20H19BrN4O2S/c1-2-14-5-3-6-16-18(14)23-20(28-16)25(11-4-10-24-12-9-22-13-24)19(26)15-7-8-17(21)27-15/h3,5-9,12-13H,2,4,10-11H2,1H3. The van der Waals surface area contributed by atoms with E-state index in [2.05, 4.69) is 33.9 Å². The van der Waals surface area contributed by atoms with Crippen LogP contribution in [0.15, 0.2) is 58.1 Å². The highest BCUT2D eigenvalue weighted by molar-refractivity contribution is 9.10. The van der Waals surface area contributed by atoms with Gasteiger partial charge in [-0.2, -0.15) is 0 Å². The van der Waals surface area contributed by atoms with E-state index in [-0.39, 0.29) is 5.91 Å². The number of fused-ring (bicyclic) bond motifs is 1. The van der Waals surface area contributed by atoms with Crippen molar-refractivity contribution in [1.82, 2.24) is 14.5 Å². The van der Waals surface area contributed by atoms with Gasteiger partial charge in [-0.25, -0.2) is 9.97 Å². The first kappa shape index (κ1) is 18.9.